The third-order valence-electron chi connectivity index (χ3n) is 6.18. The van der Waals surface area contributed by atoms with Gasteiger partial charge in [-0.05, 0) is 53.1 Å². The lowest BCUT2D eigenvalue weighted by Crippen LogP contribution is -2.38. The van der Waals surface area contributed by atoms with E-state index in [1.54, 1.807) is 28.0 Å². The summed E-state index contributed by atoms with van der Waals surface area (Å²) in [5, 5.41) is 23.0. The van der Waals surface area contributed by atoms with Crippen LogP contribution in [-0.4, -0.2) is 14.6 Å². The molecule has 9 heteroatoms. The van der Waals surface area contributed by atoms with Crippen LogP contribution in [0.1, 0.15) is 34.0 Å². The Morgan fingerprint density at radius 2 is 2.00 bits per heavy atom. The first-order valence-corrected chi connectivity index (χ1v) is 12.3. The summed E-state index contributed by atoms with van der Waals surface area (Å²) in [6, 6.07) is 16.2. The molecule has 0 radical (unpaired) electrons. The number of aromatic hydroxyl groups is 1. The van der Waals surface area contributed by atoms with Gasteiger partial charge in [-0.2, -0.15) is 0 Å². The molecule has 7 nitrogen and oxygen atoms in total. The lowest BCUT2D eigenvalue weighted by molar-refractivity contribution is -0.385. The van der Waals surface area contributed by atoms with Crippen LogP contribution in [0, 0.1) is 10.1 Å². The average Bonchev–Trinajstić information content (AvgIpc) is 3.47. The van der Waals surface area contributed by atoms with Crippen molar-refractivity contribution in [3.63, 3.8) is 0 Å². The van der Waals surface area contributed by atoms with Gasteiger partial charge in [0.1, 0.15) is 0 Å². The maximum atomic E-state index is 13.6. The molecule has 6 rings (SSSR count). The number of nitrogens with zero attached hydrogens (tertiary/aromatic N) is 3. The van der Waals surface area contributed by atoms with Gasteiger partial charge in [-0.25, -0.2) is 4.99 Å². The number of phenolic OH excluding ortho intramolecular Hbond substituents is 1. The van der Waals surface area contributed by atoms with Gasteiger partial charge in [0.05, 0.1) is 21.2 Å². The minimum Gasteiger partial charge on any atom is -0.502 e. The summed E-state index contributed by atoms with van der Waals surface area (Å²) in [7, 11) is 0. The predicted molar refractivity (Wildman–Crippen MR) is 132 cm³/mol. The zero-order valence-electron chi connectivity index (χ0n) is 17.7. The van der Waals surface area contributed by atoms with Gasteiger partial charge >= 0.3 is 5.69 Å². The van der Waals surface area contributed by atoms with Crippen LogP contribution in [0.4, 0.5) is 5.69 Å². The monoisotopic (exact) mass is 487 g/mol. The maximum absolute atomic E-state index is 13.6. The quantitative estimate of drug-likeness (QED) is 0.349. The number of thiophene rings is 1. The van der Waals surface area contributed by atoms with Gasteiger partial charge in [-0.15, -0.1) is 11.3 Å². The molecular weight excluding hydrogens is 470 g/mol. The van der Waals surface area contributed by atoms with Crippen LogP contribution in [0.15, 0.2) is 75.3 Å². The molecule has 0 spiro atoms. The number of fused-ring (bicyclic) bond motifs is 3. The highest BCUT2D eigenvalue weighted by Gasteiger charge is 2.33. The molecule has 0 saturated carbocycles. The molecular formula is C25H17N3O4S2. The summed E-state index contributed by atoms with van der Waals surface area (Å²) in [6.45, 7) is 0. The van der Waals surface area contributed by atoms with Gasteiger partial charge in [0.25, 0.3) is 5.56 Å². The normalized spacial score (nSPS) is 17.1. The van der Waals surface area contributed by atoms with Gasteiger partial charge < -0.3 is 5.11 Å². The molecule has 2 aromatic heterocycles. The Hall–Kier alpha value is -3.82. The molecule has 2 aromatic carbocycles. The topological polar surface area (TPSA) is 97.7 Å². The van der Waals surface area contributed by atoms with Crippen LogP contribution < -0.4 is 14.9 Å². The lowest BCUT2D eigenvalue weighted by atomic mass is 9.85. The van der Waals surface area contributed by atoms with E-state index in [-0.39, 0.29) is 11.6 Å². The highest BCUT2D eigenvalue weighted by molar-refractivity contribution is 7.10. The van der Waals surface area contributed by atoms with E-state index in [1.807, 2.05) is 29.6 Å². The van der Waals surface area contributed by atoms with E-state index in [0.717, 1.165) is 34.6 Å². The van der Waals surface area contributed by atoms with Gasteiger partial charge in [0.2, 0.25) is 0 Å². The Morgan fingerprint density at radius 1 is 1.15 bits per heavy atom. The number of hydrogen-bond acceptors (Lipinski definition) is 7. The van der Waals surface area contributed by atoms with Crippen molar-refractivity contribution in [2.45, 2.75) is 18.9 Å². The lowest BCUT2D eigenvalue weighted by Gasteiger charge is -2.30. The molecule has 1 aliphatic carbocycles. The molecule has 3 heterocycles. The van der Waals surface area contributed by atoms with Crippen molar-refractivity contribution < 1.29 is 10.0 Å². The van der Waals surface area contributed by atoms with Crippen molar-refractivity contribution in [3.05, 3.63) is 117 Å². The summed E-state index contributed by atoms with van der Waals surface area (Å²) in [5.74, 6) is -0.410. The van der Waals surface area contributed by atoms with Crippen molar-refractivity contribution in [1.29, 1.82) is 0 Å². The number of rotatable bonds is 3. The van der Waals surface area contributed by atoms with Gasteiger partial charge in [0.15, 0.2) is 10.6 Å². The fourth-order valence-corrected chi connectivity index (χ4v) is 6.49. The van der Waals surface area contributed by atoms with Gasteiger partial charge in [-0.3, -0.25) is 19.5 Å². The second-order valence-electron chi connectivity index (χ2n) is 8.13. The van der Waals surface area contributed by atoms with Gasteiger partial charge in [0, 0.05) is 16.5 Å². The van der Waals surface area contributed by atoms with E-state index in [4.69, 9.17) is 4.99 Å². The van der Waals surface area contributed by atoms with Crippen LogP contribution in [0.3, 0.4) is 0 Å². The van der Waals surface area contributed by atoms with E-state index < -0.39 is 16.4 Å². The Kier molecular flexibility index (Phi) is 4.82. The second-order valence-corrected chi connectivity index (χ2v) is 10.1. The molecule has 1 atom stereocenters. The number of allylic oxidation sites excluding steroid dienone is 1. The molecule has 0 bridgehead atoms. The number of aryl methyl sites for hydroxylation is 1. The van der Waals surface area contributed by atoms with Crippen molar-refractivity contribution in [1.82, 2.24) is 4.57 Å². The van der Waals surface area contributed by atoms with E-state index in [1.165, 1.54) is 29.0 Å². The minimum absolute atomic E-state index is 0.178. The average molecular weight is 488 g/mol. The van der Waals surface area contributed by atoms with Crippen LogP contribution in [-0.2, 0) is 6.42 Å². The second kappa shape index (κ2) is 7.89. The third kappa shape index (κ3) is 3.24. The summed E-state index contributed by atoms with van der Waals surface area (Å²) in [4.78, 5) is 30.8. The summed E-state index contributed by atoms with van der Waals surface area (Å²) in [6.07, 6.45) is 3.35. The molecule has 4 aromatic rings. The van der Waals surface area contributed by atoms with Crippen molar-refractivity contribution in [3.8, 4) is 5.75 Å². The molecule has 1 aliphatic heterocycles. The molecule has 0 saturated heterocycles. The molecule has 34 heavy (non-hydrogen) atoms. The van der Waals surface area contributed by atoms with Crippen molar-refractivity contribution >= 4 is 40.1 Å². The van der Waals surface area contributed by atoms with Gasteiger partial charge in [-0.1, -0.05) is 47.7 Å². The van der Waals surface area contributed by atoms with Crippen LogP contribution in [0.25, 0.3) is 11.8 Å². The first kappa shape index (κ1) is 20.8. The van der Waals surface area contributed by atoms with Crippen molar-refractivity contribution in [2.24, 2.45) is 4.99 Å². The molecule has 0 unspecified atom stereocenters. The zero-order valence-corrected chi connectivity index (χ0v) is 19.3. The van der Waals surface area contributed by atoms with E-state index >= 15 is 0 Å². The number of hydrogen-bond donors (Lipinski definition) is 1. The number of phenols is 1. The predicted octanol–water partition coefficient (Wildman–Crippen LogP) is 3.99. The molecule has 1 N–H and O–H groups in total. The van der Waals surface area contributed by atoms with Crippen LogP contribution in [0.5, 0.6) is 5.75 Å². The van der Waals surface area contributed by atoms with Crippen LogP contribution >= 0.6 is 22.7 Å². The highest BCUT2D eigenvalue weighted by atomic mass is 32.1. The fourth-order valence-electron chi connectivity index (χ4n) is 4.65. The first-order valence-electron chi connectivity index (χ1n) is 10.6. The third-order valence-corrected chi connectivity index (χ3v) is 8.09. The van der Waals surface area contributed by atoms with Crippen molar-refractivity contribution in [2.75, 3.05) is 0 Å². The Morgan fingerprint density at radius 3 is 2.79 bits per heavy atom. The number of nitro benzene ring substituents is 1. The molecule has 2 aliphatic rings. The van der Waals surface area contributed by atoms with Crippen LogP contribution in [0.2, 0.25) is 0 Å². The Labute approximate surface area is 201 Å². The zero-order chi connectivity index (χ0) is 23.4. The number of benzene rings is 2. The largest absolute Gasteiger partial charge is 0.502 e. The summed E-state index contributed by atoms with van der Waals surface area (Å²) < 4.78 is 2.19. The number of aromatic nitrogens is 1. The maximum Gasteiger partial charge on any atom is 0.311 e. The Balaban J connectivity index is 1.59. The minimum atomic E-state index is -0.642. The van der Waals surface area contributed by atoms with E-state index in [0.29, 0.717) is 14.9 Å². The summed E-state index contributed by atoms with van der Waals surface area (Å²) in [5.41, 5.74) is 4.33. The summed E-state index contributed by atoms with van der Waals surface area (Å²) >= 11 is 2.89. The van der Waals surface area contributed by atoms with E-state index in [2.05, 4.69) is 12.1 Å². The fraction of sp³-hybridized carbons (Fsp3) is 0.120. The standard InChI is InChI=1S/C25H17N3O4S2/c29-19-10-7-14(12-18(19)28(31)32)13-21-24(30)27-23(20-6-3-11-33-20)17-9-8-15-4-1-2-5-16(15)22(17)26-25(27)34-21/h1-7,10-13,23,29H,8-9H2/b21-13-/t23-/m0/s1. The SMILES string of the molecule is O=c1/c(=C/c2ccc(O)c([N+](=O)[O-])c2)sc2n1[C@H](c1cccs1)C1=C(N=2)c2ccccc2CC1. The van der Waals surface area contributed by atoms with E-state index in [9.17, 15) is 20.0 Å². The smallest absolute Gasteiger partial charge is 0.311 e. The highest BCUT2D eigenvalue weighted by Crippen LogP contribution is 2.42. The molecule has 0 amide bonds. The molecule has 0 fully saturated rings. The number of thiazole rings is 1. The Bertz CT molecular complexity index is 1680. The number of nitro groups is 1. The molecule has 168 valence electrons. The first-order chi connectivity index (χ1) is 16.5.